The molecule has 1 aliphatic carbocycles. The van der Waals surface area contributed by atoms with Crippen molar-refractivity contribution in [2.45, 2.75) is 65.5 Å². The summed E-state index contributed by atoms with van der Waals surface area (Å²) >= 11 is 0. The minimum Gasteiger partial charge on any atom is -0.353 e. The number of rotatable bonds is 4. The highest BCUT2D eigenvalue weighted by Gasteiger charge is 2.33. The number of hydrogen-bond acceptors (Lipinski definition) is 2. The largest absolute Gasteiger partial charge is 0.353 e. The van der Waals surface area contributed by atoms with Crippen LogP contribution in [0.25, 0.3) is 0 Å². The van der Waals surface area contributed by atoms with Gasteiger partial charge < -0.3 is 11.1 Å². The summed E-state index contributed by atoms with van der Waals surface area (Å²) in [5, 5.41) is 3.13. The van der Waals surface area contributed by atoms with E-state index in [0.717, 1.165) is 25.7 Å². The molecule has 1 rings (SSSR count). The van der Waals surface area contributed by atoms with E-state index < -0.39 is 0 Å². The lowest BCUT2D eigenvalue weighted by atomic mass is 9.77. The lowest BCUT2D eigenvalue weighted by Gasteiger charge is -2.34. The van der Waals surface area contributed by atoms with Crippen molar-refractivity contribution in [2.24, 2.45) is 23.5 Å². The minimum absolute atomic E-state index is 0.0188. The molecule has 5 unspecified atom stereocenters. The highest BCUT2D eigenvalue weighted by atomic mass is 16.2. The zero-order valence-corrected chi connectivity index (χ0v) is 11.7. The third kappa shape index (κ3) is 3.70. The average molecular weight is 240 g/mol. The third-order valence-electron chi connectivity index (χ3n) is 4.50. The fourth-order valence-electron chi connectivity index (χ4n) is 2.57. The van der Waals surface area contributed by atoms with Crippen LogP contribution in [0.3, 0.4) is 0 Å². The maximum Gasteiger partial charge on any atom is 0.224 e. The number of nitrogens with one attached hydrogen (secondary N) is 1. The Bertz CT molecular complexity index is 255. The summed E-state index contributed by atoms with van der Waals surface area (Å²) in [4.78, 5) is 12.2. The second-order valence-corrected chi connectivity index (χ2v) is 5.77. The Labute approximate surface area is 106 Å². The van der Waals surface area contributed by atoms with Crippen molar-refractivity contribution in [2.75, 3.05) is 0 Å². The van der Waals surface area contributed by atoms with Crippen LogP contribution in [0.4, 0.5) is 0 Å². The summed E-state index contributed by atoms with van der Waals surface area (Å²) in [5.41, 5.74) is 6.15. The Morgan fingerprint density at radius 3 is 2.65 bits per heavy atom. The quantitative estimate of drug-likeness (QED) is 0.792. The van der Waals surface area contributed by atoms with Gasteiger partial charge in [-0.25, -0.2) is 0 Å². The number of carbonyl (C=O) groups is 1. The summed E-state index contributed by atoms with van der Waals surface area (Å²) < 4.78 is 0. The van der Waals surface area contributed by atoms with Gasteiger partial charge in [0.05, 0.1) is 5.92 Å². The monoisotopic (exact) mass is 240 g/mol. The van der Waals surface area contributed by atoms with E-state index in [1.165, 1.54) is 0 Å². The first-order valence-electron chi connectivity index (χ1n) is 7.03. The molecule has 1 fully saturated rings. The van der Waals surface area contributed by atoms with E-state index in [1.807, 2.05) is 0 Å². The van der Waals surface area contributed by atoms with Gasteiger partial charge in [0.15, 0.2) is 0 Å². The van der Waals surface area contributed by atoms with E-state index >= 15 is 0 Å². The SMILES string of the molecule is CCC(C)C(C)NC(=O)C1CCCC(C)C1N. The van der Waals surface area contributed by atoms with E-state index in [9.17, 15) is 4.79 Å². The van der Waals surface area contributed by atoms with Crippen molar-refractivity contribution < 1.29 is 4.79 Å². The molecule has 0 saturated heterocycles. The molecular weight excluding hydrogens is 212 g/mol. The van der Waals surface area contributed by atoms with Crippen LogP contribution in [0.2, 0.25) is 0 Å². The molecule has 1 aliphatic rings. The van der Waals surface area contributed by atoms with E-state index in [-0.39, 0.29) is 23.9 Å². The standard InChI is InChI=1S/C14H28N2O/c1-5-9(2)11(4)16-14(17)12-8-6-7-10(3)13(12)15/h9-13H,5-8,15H2,1-4H3,(H,16,17). The summed E-state index contributed by atoms with van der Waals surface area (Å²) in [5.74, 6) is 1.18. The van der Waals surface area contributed by atoms with Crippen molar-refractivity contribution in [1.29, 1.82) is 0 Å². The fraction of sp³-hybridized carbons (Fsp3) is 0.929. The van der Waals surface area contributed by atoms with Crippen molar-refractivity contribution in [3.63, 3.8) is 0 Å². The van der Waals surface area contributed by atoms with Gasteiger partial charge in [-0.2, -0.15) is 0 Å². The van der Waals surface area contributed by atoms with Gasteiger partial charge in [-0.05, 0) is 31.6 Å². The van der Waals surface area contributed by atoms with Crippen molar-refractivity contribution >= 4 is 5.91 Å². The molecule has 17 heavy (non-hydrogen) atoms. The zero-order chi connectivity index (χ0) is 13.0. The Kier molecular flexibility index (Phi) is 5.44. The number of nitrogens with two attached hydrogens (primary N) is 1. The molecule has 0 heterocycles. The molecule has 0 bridgehead atoms. The van der Waals surface area contributed by atoms with Gasteiger partial charge in [0.25, 0.3) is 0 Å². The zero-order valence-electron chi connectivity index (χ0n) is 11.7. The smallest absolute Gasteiger partial charge is 0.224 e. The Morgan fingerprint density at radius 1 is 1.41 bits per heavy atom. The fourth-order valence-corrected chi connectivity index (χ4v) is 2.57. The highest BCUT2D eigenvalue weighted by Crippen LogP contribution is 2.28. The van der Waals surface area contributed by atoms with Crippen LogP contribution in [-0.2, 0) is 4.79 Å². The molecule has 1 amide bonds. The third-order valence-corrected chi connectivity index (χ3v) is 4.50. The molecule has 3 N–H and O–H groups in total. The van der Waals surface area contributed by atoms with E-state index in [4.69, 9.17) is 5.73 Å². The first-order valence-corrected chi connectivity index (χ1v) is 7.03. The molecule has 0 aromatic heterocycles. The van der Waals surface area contributed by atoms with Crippen LogP contribution in [-0.4, -0.2) is 18.0 Å². The summed E-state index contributed by atoms with van der Waals surface area (Å²) in [6.45, 7) is 8.57. The van der Waals surface area contributed by atoms with E-state index in [1.54, 1.807) is 0 Å². The molecule has 0 aromatic carbocycles. The van der Waals surface area contributed by atoms with E-state index in [2.05, 4.69) is 33.0 Å². The van der Waals surface area contributed by atoms with Crippen LogP contribution in [0, 0.1) is 17.8 Å². The Morgan fingerprint density at radius 2 is 2.06 bits per heavy atom. The van der Waals surface area contributed by atoms with Crippen molar-refractivity contribution in [1.82, 2.24) is 5.32 Å². The molecule has 0 radical (unpaired) electrons. The molecule has 3 nitrogen and oxygen atoms in total. The molecule has 3 heteroatoms. The van der Waals surface area contributed by atoms with Gasteiger partial charge in [0.2, 0.25) is 5.91 Å². The second kappa shape index (κ2) is 6.39. The van der Waals surface area contributed by atoms with Crippen LogP contribution < -0.4 is 11.1 Å². The van der Waals surface area contributed by atoms with Crippen LogP contribution >= 0.6 is 0 Å². The number of amides is 1. The summed E-state index contributed by atoms with van der Waals surface area (Å²) in [7, 11) is 0. The highest BCUT2D eigenvalue weighted by molar-refractivity contribution is 5.79. The van der Waals surface area contributed by atoms with Crippen LogP contribution in [0.1, 0.15) is 53.4 Å². The normalized spacial score (nSPS) is 32.9. The second-order valence-electron chi connectivity index (χ2n) is 5.77. The maximum atomic E-state index is 12.2. The van der Waals surface area contributed by atoms with Gasteiger partial charge in [-0.3, -0.25) is 4.79 Å². The average Bonchev–Trinajstić information content (AvgIpc) is 2.31. The van der Waals surface area contributed by atoms with E-state index in [0.29, 0.717) is 11.8 Å². The molecule has 1 saturated carbocycles. The topological polar surface area (TPSA) is 55.1 Å². The van der Waals surface area contributed by atoms with Crippen LogP contribution in [0.5, 0.6) is 0 Å². The van der Waals surface area contributed by atoms with Gasteiger partial charge >= 0.3 is 0 Å². The predicted octanol–water partition coefficient (Wildman–Crippen LogP) is 2.30. The Hall–Kier alpha value is -0.570. The number of hydrogen-bond donors (Lipinski definition) is 2. The summed E-state index contributed by atoms with van der Waals surface area (Å²) in [6.07, 6.45) is 4.33. The predicted molar refractivity (Wildman–Crippen MR) is 71.5 cm³/mol. The molecule has 100 valence electrons. The molecule has 5 atom stereocenters. The van der Waals surface area contributed by atoms with Crippen molar-refractivity contribution in [3.05, 3.63) is 0 Å². The molecule has 0 spiro atoms. The molecule has 0 aromatic rings. The maximum absolute atomic E-state index is 12.2. The van der Waals surface area contributed by atoms with Gasteiger partial charge in [0, 0.05) is 12.1 Å². The lowest BCUT2D eigenvalue weighted by Crippen LogP contribution is -2.50. The Balaban J connectivity index is 2.51. The van der Waals surface area contributed by atoms with Gasteiger partial charge in [-0.1, -0.05) is 33.6 Å². The van der Waals surface area contributed by atoms with Crippen LogP contribution in [0.15, 0.2) is 0 Å². The van der Waals surface area contributed by atoms with Gasteiger partial charge in [0.1, 0.15) is 0 Å². The van der Waals surface area contributed by atoms with Gasteiger partial charge in [-0.15, -0.1) is 0 Å². The lowest BCUT2D eigenvalue weighted by molar-refractivity contribution is -0.128. The molecular formula is C14H28N2O. The van der Waals surface area contributed by atoms with Crippen molar-refractivity contribution in [3.8, 4) is 0 Å². The first-order chi connectivity index (χ1) is 7.97. The first kappa shape index (κ1) is 14.5. The summed E-state index contributed by atoms with van der Waals surface area (Å²) in [6, 6.07) is 0.282. The minimum atomic E-state index is 0.0188. The number of carbonyl (C=O) groups excluding carboxylic acids is 1. The molecule has 0 aliphatic heterocycles.